The first-order chi connectivity index (χ1) is 8.56. The molecule has 0 aliphatic carbocycles. The van der Waals surface area contributed by atoms with Gasteiger partial charge >= 0.3 is 0 Å². The van der Waals surface area contributed by atoms with Crippen molar-refractivity contribution in [1.29, 1.82) is 0 Å². The van der Waals surface area contributed by atoms with E-state index in [4.69, 9.17) is 4.74 Å². The smallest absolute Gasteiger partial charge is 0.126 e. The summed E-state index contributed by atoms with van der Waals surface area (Å²) >= 11 is 0. The molecule has 0 unspecified atom stereocenters. The third kappa shape index (κ3) is 2.89. The van der Waals surface area contributed by atoms with Gasteiger partial charge in [0.2, 0.25) is 0 Å². The molecule has 0 saturated carbocycles. The molecular formula is C16H17FO. The maximum absolute atomic E-state index is 13.1. The molecule has 0 heterocycles. The summed E-state index contributed by atoms with van der Waals surface area (Å²) in [6.45, 7) is 6.37. The van der Waals surface area contributed by atoms with E-state index in [0.717, 1.165) is 5.56 Å². The summed E-state index contributed by atoms with van der Waals surface area (Å²) in [5.41, 5.74) is 4.19. The van der Waals surface area contributed by atoms with Crippen molar-refractivity contribution in [3.8, 4) is 5.75 Å². The van der Waals surface area contributed by atoms with Gasteiger partial charge in [0.15, 0.2) is 0 Å². The molecule has 0 N–H and O–H groups in total. The minimum atomic E-state index is -0.200. The molecule has 0 aliphatic rings. The zero-order valence-electron chi connectivity index (χ0n) is 11.0. The summed E-state index contributed by atoms with van der Waals surface area (Å²) in [5.74, 6) is 0.504. The number of ether oxygens (including phenoxy) is 1. The minimum absolute atomic E-state index is 0.200. The van der Waals surface area contributed by atoms with Gasteiger partial charge in [-0.15, -0.1) is 0 Å². The van der Waals surface area contributed by atoms with Crippen LogP contribution in [0.25, 0.3) is 0 Å². The van der Waals surface area contributed by atoms with Crippen LogP contribution in [0.5, 0.6) is 5.75 Å². The standard InChI is InChI=1S/C16H17FO/c1-11-4-5-12(2)14(8-11)10-18-15-6-7-16(17)13(3)9-15/h4-9H,10H2,1-3H3. The Morgan fingerprint density at radius 1 is 0.944 bits per heavy atom. The third-order valence-corrected chi connectivity index (χ3v) is 3.03. The summed E-state index contributed by atoms with van der Waals surface area (Å²) in [7, 11) is 0. The fourth-order valence-corrected chi connectivity index (χ4v) is 1.82. The van der Waals surface area contributed by atoms with E-state index < -0.39 is 0 Å². The van der Waals surface area contributed by atoms with Gasteiger partial charge in [0.25, 0.3) is 0 Å². The molecule has 0 amide bonds. The molecule has 0 spiro atoms. The normalized spacial score (nSPS) is 10.4. The van der Waals surface area contributed by atoms with Gasteiger partial charge in [-0.2, -0.15) is 0 Å². The highest BCUT2D eigenvalue weighted by Crippen LogP contribution is 2.18. The van der Waals surface area contributed by atoms with E-state index >= 15 is 0 Å². The van der Waals surface area contributed by atoms with Crippen molar-refractivity contribution in [2.24, 2.45) is 0 Å². The van der Waals surface area contributed by atoms with Crippen LogP contribution in [0.15, 0.2) is 36.4 Å². The van der Waals surface area contributed by atoms with Gasteiger partial charge < -0.3 is 4.74 Å². The molecule has 0 bridgehead atoms. The van der Waals surface area contributed by atoms with Crippen molar-refractivity contribution >= 4 is 0 Å². The summed E-state index contributed by atoms with van der Waals surface area (Å²) in [5, 5.41) is 0. The lowest BCUT2D eigenvalue weighted by Crippen LogP contribution is -1.99. The first-order valence-electron chi connectivity index (χ1n) is 6.01. The zero-order valence-corrected chi connectivity index (χ0v) is 11.0. The maximum atomic E-state index is 13.1. The van der Waals surface area contributed by atoms with Gasteiger partial charge in [-0.1, -0.05) is 23.8 Å². The third-order valence-electron chi connectivity index (χ3n) is 3.03. The van der Waals surface area contributed by atoms with Crippen molar-refractivity contribution in [2.75, 3.05) is 0 Å². The first kappa shape index (κ1) is 12.6. The van der Waals surface area contributed by atoms with Gasteiger partial charge in [-0.3, -0.25) is 0 Å². The lowest BCUT2D eigenvalue weighted by molar-refractivity contribution is 0.304. The second kappa shape index (κ2) is 5.21. The molecule has 0 aliphatic heterocycles. The number of hydrogen-bond donors (Lipinski definition) is 0. The predicted octanol–water partition coefficient (Wildman–Crippen LogP) is 4.33. The van der Waals surface area contributed by atoms with Crippen LogP contribution in [0.3, 0.4) is 0 Å². The fraction of sp³-hybridized carbons (Fsp3) is 0.250. The Labute approximate surface area is 107 Å². The van der Waals surface area contributed by atoms with E-state index in [0.29, 0.717) is 17.9 Å². The molecule has 2 aromatic rings. The first-order valence-corrected chi connectivity index (χ1v) is 6.01. The molecule has 0 aromatic heterocycles. The fourth-order valence-electron chi connectivity index (χ4n) is 1.82. The topological polar surface area (TPSA) is 9.23 Å². The van der Waals surface area contributed by atoms with Crippen LogP contribution < -0.4 is 4.74 Å². The largest absolute Gasteiger partial charge is 0.489 e. The maximum Gasteiger partial charge on any atom is 0.126 e. The average Bonchev–Trinajstić information content (AvgIpc) is 2.34. The van der Waals surface area contributed by atoms with E-state index in [-0.39, 0.29) is 5.82 Å². The van der Waals surface area contributed by atoms with Crippen molar-refractivity contribution in [2.45, 2.75) is 27.4 Å². The highest BCUT2D eigenvalue weighted by Gasteiger charge is 2.02. The van der Waals surface area contributed by atoms with Gasteiger partial charge in [0.05, 0.1) is 0 Å². The van der Waals surface area contributed by atoms with Crippen molar-refractivity contribution < 1.29 is 9.13 Å². The zero-order chi connectivity index (χ0) is 13.1. The molecule has 18 heavy (non-hydrogen) atoms. The van der Waals surface area contributed by atoms with Crippen LogP contribution in [0, 0.1) is 26.6 Å². The van der Waals surface area contributed by atoms with E-state index in [1.54, 1.807) is 19.1 Å². The summed E-state index contributed by atoms with van der Waals surface area (Å²) < 4.78 is 18.8. The molecule has 1 nitrogen and oxygen atoms in total. The van der Waals surface area contributed by atoms with Crippen LogP contribution in [0.1, 0.15) is 22.3 Å². The van der Waals surface area contributed by atoms with E-state index in [1.165, 1.54) is 17.2 Å². The van der Waals surface area contributed by atoms with Crippen molar-refractivity contribution in [1.82, 2.24) is 0 Å². The summed E-state index contributed by atoms with van der Waals surface area (Å²) in [6, 6.07) is 11.1. The Morgan fingerprint density at radius 3 is 2.44 bits per heavy atom. The molecule has 94 valence electrons. The Kier molecular flexibility index (Phi) is 3.66. The molecule has 2 heteroatoms. The Morgan fingerprint density at radius 2 is 1.72 bits per heavy atom. The second-order valence-electron chi connectivity index (χ2n) is 4.63. The lowest BCUT2D eigenvalue weighted by atomic mass is 10.1. The Bertz CT molecular complexity index is 561. The summed E-state index contributed by atoms with van der Waals surface area (Å²) in [6.07, 6.45) is 0. The van der Waals surface area contributed by atoms with Crippen LogP contribution in [-0.2, 0) is 6.61 Å². The number of halogens is 1. The monoisotopic (exact) mass is 244 g/mol. The quantitative estimate of drug-likeness (QED) is 0.780. The molecule has 0 radical (unpaired) electrons. The number of benzene rings is 2. The predicted molar refractivity (Wildman–Crippen MR) is 71.4 cm³/mol. The van der Waals surface area contributed by atoms with Crippen molar-refractivity contribution in [3.63, 3.8) is 0 Å². The number of aryl methyl sites for hydroxylation is 3. The number of hydrogen-bond acceptors (Lipinski definition) is 1. The van der Waals surface area contributed by atoms with Crippen molar-refractivity contribution in [3.05, 3.63) is 64.5 Å². The van der Waals surface area contributed by atoms with Crippen LogP contribution in [-0.4, -0.2) is 0 Å². The van der Waals surface area contributed by atoms with Gasteiger partial charge in [-0.05, 0) is 55.7 Å². The minimum Gasteiger partial charge on any atom is -0.489 e. The molecule has 2 rings (SSSR count). The average molecular weight is 244 g/mol. The van der Waals surface area contributed by atoms with Gasteiger partial charge in [0.1, 0.15) is 18.2 Å². The van der Waals surface area contributed by atoms with E-state index in [9.17, 15) is 4.39 Å². The molecule has 0 atom stereocenters. The summed E-state index contributed by atoms with van der Waals surface area (Å²) in [4.78, 5) is 0. The molecule has 0 fully saturated rings. The molecule has 0 saturated heterocycles. The highest BCUT2D eigenvalue weighted by atomic mass is 19.1. The molecular weight excluding hydrogens is 227 g/mol. The highest BCUT2D eigenvalue weighted by molar-refractivity contribution is 5.32. The van der Waals surface area contributed by atoms with Crippen LogP contribution >= 0.6 is 0 Å². The Hall–Kier alpha value is -1.83. The lowest BCUT2D eigenvalue weighted by Gasteiger charge is -2.10. The van der Waals surface area contributed by atoms with Crippen LogP contribution in [0.2, 0.25) is 0 Å². The second-order valence-corrected chi connectivity index (χ2v) is 4.63. The van der Waals surface area contributed by atoms with E-state index in [1.807, 2.05) is 0 Å². The molecule has 2 aromatic carbocycles. The van der Waals surface area contributed by atoms with Crippen LogP contribution in [0.4, 0.5) is 4.39 Å². The van der Waals surface area contributed by atoms with E-state index in [2.05, 4.69) is 32.0 Å². The van der Waals surface area contributed by atoms with Gasteiger partial charge in [-0.25, -0.2) is 4.39 Å². The van der Waals surface area contributed by atoms with Gasteiger partial charge in [0, 0.05) is 0 Å². The SMILES string of the molecule is Cc1ccc(C)c(COc2ccc(F)c(C)c2)c1. The Balaban J connectivity index is 2.11. The number of rotatable bonds is 3.